The van der Waals surface area contributed by atoms with Gasteiger partial charge in [-0.05, 0) is 47.9 Å². The van der Waals surface area contributed by atoms with Gasteiger partial charge < -0.3 is 0 Å². The molecule has 0 atom stereocenters. The van der Waals surface area contributed by atoms with Crippen molar-refractivity contribution in [2.75, 3.05) is 0 Å². The van der Waals surface area contributed by atoms with Gasteiger partial charge in [0.15, 0.2) is 5.69 Å². The molecule has 4 aromatic carbocycles. The SMILES string of the molecule is Cc1ccc([N+](=O)[O-])cc1/C=N\NC(=O)c1cc(-c2cccc3ccccc23)n(-c2ccccc2C)n1. The maximum Gasteiger partial charge on any atom is 0.291 e. The fraction of sp³-hybridized carbons (Fsp3) is 0.0690. The first kappa shape index (κ1) is 23.6. The number of rotatable bonds is 6. The van der Waals surface area contributed by atoms with Crippen molar-refractivity contribution in [1.29, 1.82) is 0 Å². The van der Waals surface area contributed by atoms with Crippen LogP contribution in [0.1, 0.15) is 27.2 Å². The third-order valence-electron chi connectivity index (χ3n) is 6.19. The number of benzene rings is 4. The van der Waals surface area contributed by atoms with Gasteiger partial charge >= 0.3 is 0 Å². The van der Waals surface area contributed by atoms with Gasteiger partial charge in [-0.3, -0.25) is 14.9 Å². The van der Waals surface area contributed by atoms with Crippen molar-refractivity contribution in [3.05, 3.63) is 123 Å². The number of hydrogen-bond acceptors (Lipinski definition) is 5. The summed E-state index contributed by atoms with van der Waals surface area (Å²) in [6.07, 6.45) is 1.39. The van der Waals surface area contributed by atoms with E-state index >= 15 is 0 Å². The van der Waals surface area contributed by atoms with Crippen LogP contribution in [-0.4, -0.2) is 26.8 Å². The fourth-order valence-electron chi connectivity index (χ4n) is 4.22. The summed E-state index contributed by atoms with van der Waals surface area (Å²) in [5.41, 5.74) is 7.58. The van der Waals surface area contributed by atoms with E-state index < -0.39 is 10.8 Å². The zero-order chi connectivity index (χ0) is 25.9. The Morgan fingerprint density at radius 3 is 2.51 bits per heavy atom. The van der Waals surface area contributed by atoms with Gasteiger partial charge in [0.1, 0.15) is 0 Å². The lowest BCUT2D eigenvalue weighted by Crippen LogP contribution is -2.18. The molecule has 5 rings (SSSR count). The van der Waals surface area contributed by atoms with Crippen LogP contribution >= 0.6 is 0 Å². The predicted molar refractivity (Wildman–Crippen MR) is 144 cm³/mol. The first-order valence-corrected chi connectivity index (χ1v) is 11.6. The lowest BCUT2D eigenvalue weighted by atomic mass is 10.0. The van der Waals surface area contributed by atoms with Crippen molar-refractivity contribution in [3.63, 3.8) is 0 Å². The van der Waals surface area contributed by atoms with E-state index in [1.54, 1.807) is 16.8 Å². The van der Waals surface area contributed by atoms with Crippen molar-refractivity contribution in [2.45, 2.75) is 13.8 Å². The molecular formula is C29H23N5O3. The number of nitrogens with zero attached hydrogens (tertiary/aromatic N) is 4. The zero-order valence-electron chi connectivity index (χ0n) is 20.3. The highest BCUT2D eigenvalue weighted by molar-refractivity contribution is 5.99. The zero-order valence-corrected chi connectivity index (χ0v) is 20.3. The quantitative estimate of drug-likeness (QED) is 0.180. The van der Waals surface area contributed by atoms with Crippen LogP contribution in [0.5, 0.6) is 0 Å². The molecule has 0 bridgehead atoms. The minimum atomic E-state index is -0.492. The number of hydrazone groups is 1. The van der Waals surface area contributed by atoms with Crippen molar-refractivity contribution in [2.24, 2.45) is 5.10 Å². The molecule has 37 heavy (non-hydrogen) atoms. The first-order chi connectivity index (χ1) is 17.9. The van der Waals surface area contributed by atoms with Gasteiger partial charge in [-0.15, -0.1) is 0 Å². The van der Waals surface area contributed by atoms with Gasteiger partial charge in [0.25, 0.3) is 11.6 Å². The van der Waals surface area contributed by atoms with E-state index in [1.165, 1.54) is 18.3 Å². The number of aromatic nitrogens is 2. The molecule has 0 saturated carbocycles. The molecule has 182 valence electrons. The van der Waals surface area contributed by atoms with Crippen molar-refractivity contribution in [1.82, 2.24) is 15.2 Å². The predicted octanol–water partition coefficient (Wildman–Crippen LogP) is 5.98. The van der Waals surface area contributed by atoms with Crippen molar-refractivity contribution >= 4 is 28.6 Å². The van der Waals surface area contributed by atoms with Crippen molar-refractivity contribution < 1.29 is 9.72 Å². The fourth-order valence-corrected chi connectivity index (χ4v) is 4.22. The molecule has 0 spiro atoms. The highest BCUT2D eigenvalue weighted by Gasteiger charge is 2.19. The summed E-state index contributed by atoms with van der Waals surface area (Å²) < 4.78 is 1.78. The van der Waals surface area contributed by atoms with E-state index in [-0.39, 0.29) is 11.4 Å². The highest BCUT2D eigenvalue weighted by atomic mass is 16.6. The second-order valence-electron chi connectivity index (χ2n) is 8.64. The number of nitrogens with one attached hydrogen (secondary N) is 1. The molecule has 8 heteroatoms. The molecule has 0 fully saturated rings. The highest BCUT2D eigenvalue weighted by Crippen LogP contribution is 2.31. The molecular weight excluding hydrogens is 466 g/mol. The Morgan fingerprint density at radius 1 is 0.946 bits per heavy atom. The number of non-ortho nitro benzene ring substituents is 1. The molecule has 0 radical (unpaired) electrons. The number of carbonyl (C=O) groups is 1. The van der Waals surface area contributed by atoms with Crippen LogP contribution in [0, 0.1) is 24.0 Å². The minimum absolute atomic E-state index is 0.0462. The lowest BCUT2D eigenvalue weighted by Gasteiger charge is -2.12. The number of carbonyl (C=O) groups excluding carboxylic acids is 1. The van der Waals surface area contributed by atoms with Gasteiger partial charge in [0.05, 0.1) is 22.5 Å². The van der Waals surface area contributed by atoms with Gasteiger partial charge in [0.2, 0.25) is 0 Å². The summed E-state index contributed by atoms with van der Waals surface area (Å²) in [5, 5.41) is 21.9. The summed E-state index contributed by atoms with van der Waals surface area (Å²) in [6.45, 7) is 3.81. The Kier molecular flexibility index (Phi) is 6.30. The van der Waals surface area contributed by atoms with Crippen LogP contribution in [-0.2, 0) is 0 Å². The molecule has 1 N–H and O–H groups in total. The van der Waals surface area contributed by atoms with E-state index in [4.69, 9.17) is 0 Å². The average molecular weight is 490 g/mol. The maximum absolute atomic E-state index is 13.1. The molecule has 0 saturated heterocycles. The second kappa shape index (κ2) is 9.87. The summed E-state index contributed by atoms with van der Waals surface area (Å²) in [6, 6.07) is 28.2. The van der Waals surface area contributed by atoms with E-state index in [2.05, 4.69) is 15.6 Å². The number of nitro benzene ring substituents is 1. The summed E-state index contributed by atoms with van der Waals surface area (Å²) in [7, 11) is 0. The topological polar surface area (TPSA) is 102 Å². The maximum atomic E-state index is 13.1. The third-order valence-corrected chi connectivity index (χ3v) is 6.19. The van der Waals surface area contributed by atoms with E-state index in [0.717, 1.165) is 38.8 Å². The normalized spacial score (nSPS) is 11.2. The second-order valence-corrected chi connectivity index (χ2v) is 8.64. The van der Waals surface area contributed by atoms with Crippen LogP contribution in [0.2, 0.25) is 0 Å². The number of fused-ring (bicyclic) bond motifs is 1. The minimum Gasteiger partial charge on any atom is -0.265 e. The van der Waals surface area contributed by atoms with Crippen LogP contribution in [0.3, 0.4) is 0 Å². The van der Waals surface area contributed by atoms with Crippen LogP contribution in [0.15, 0.2) is 96.1 Å². The Labute approximate surface area is 213 Å². The van der Waals surface area contributed by atoms with Gasteiger partial charge in [-0.2, -0.15) is 10.2 Å². The Balaban J connectivity index is 1.53. The summed E-state index contributed by atoms with van der Waals surface area (Å²) in [4.78, 5) is 23.7. The van der Waals surface area contributed by atoms with Crippen LogP contribution < -0.4 is 5.43 Å². The number of nitro groups is 1. The number of amides is 1. The molecule has 1 aromatic heterocycles. The van der Waals surface area contributed by atoms with Crippen LogP contribution in [0.25, 0.3) is 27.7 Å². The van der Waals surface area contributed by atoms with Crippen molar-refractivity contribution in [3.8, 4) is 16.9 Å². The molecule has 0 aliphatic carbocycles. The van der Waals surface area contributed by atoms with Gasteiger partial charge in [-0.1, -0.05) is 66.7 Å². The average Bonchev–Trinajstić information content (AvgIpc) is 3.34. The van der Waals surface area contributed by atoms with Gasteiger partial charge in [-0.25, -0.2) is 10.1 Å². The number of hydrogen-bond donors (Lipinski definition) is 1. The molecule has 5 aromatic rings. The van der Waals surface area contributed by atoms with E-state index in [1.807, 2.05) is 80.6 Å². The standard InChI is InChI=1S/C29H23N5O3/c1-19-14-15-23(34(36)37)16-22(19)18-30-31-29(35)26-17-28(33(32-26)27-13-6-3-8-20(27)2)25-12-7-10-21-9-4-5-11-24(21)25/h3-18H,1-2H3,(H,31,35)/b30-18-. The lowest BCUT2D eigenvalue weighted by molar-refractivity contribution is -0.384. The molecule has 0 aliphatic heterocycles. The molecule has 1 amide bonds. The Bertz CT molecular complexity index is 1680. The smallest absolute Gasteiger partial charge is 0.265 e. The molecule has 1 heterocycles. The molecule has 0 aliphatic rings. The summed E-state index contributed by atoms with van der Waals surface area (Å²) in [5.74, 6) is -0.492. The third kappa shape index (κ3) is 4.72. The van der Waals surface area contributed by atoms with E-state index in [0.29, 0.717) is 5.56 Å². The largest absolute Gasteiger partial charge is 0.291 e. The monoisotopic (exact) mass is 489 g/mol. The Hall–Kier alpha value is -5.11. The molecule has 8 nitrogen and oxygen atoms in total. The van der Waals surface area contributed by atoms with Gasteiger partial charge in [0, 0.05) is 23.3 Å². The number of para-hydroxylation sites is 1. The Morgan fingerprint density at radius 2 is 1.70 bits per heavy atom. The number of aryl methyl sites for hydroxylation is 2. The summed E-state index contributed by atoms with van der Waals surface area (Å²) >= 11 is 0. The molecule has 0 unspecified atom stereocenters. The van der Waals surface area contributed by atoms with Crippen LogP contribution in [0.4, 0.5) is 5.69 Å². The first-order valence-electron chi connectivity index (χ1n) is 11.6. The van der Waals surface area contributed by atoms with E-state index in [9.17, 15) is 14.9 Å².